The van der Waals surface area contributed by atoms with Gasteiger partial charge in [-0.2, -0.15) is 0 Å². The van der Waals surface area contributed by atoms with Crippen molar-refractivity contribution in [1.29, 1.82) is 0 Å². The highest BCUT2D eigenvalue weighted by Crippen LogP contribution is 2.28. The third kappa shape index (κ3) is 8.73. The lowest BCUT2D eigenvalue weighted by Crippen LogP contribution is -2.54. The van der Waals surface area contributed by atoms with Gasteiger partial charge in [-0.25, -0.2) is 8.42 Å². The summed E-state index contributed by atoms with van der Waals surface area (Å²) in [7, 11) is -2.69. The first-order valence-electron chi connectivity index (χ1n) is 15.0. The number of nitrogens with zero attached hydrogens (tertiary/aromatic N) is 2. The molecule has 0 fully saturated rings. The van der Waals surface area contributed by atoms with Gasteiger partial charge in [-0.3, -0.25) is 13.9 Å². The van der Waals surface area contributed by atoms with Crippen LogP contribution < -0.4 is 14.4 Å². The molecule has 236 valence electrons. The number of aryl methyl sites for hydroxylation is 1. The molecule has 4 rings (SSSR count). The number of rotatable bonds is 14. The van der Waals surface area contributed by atoms with Gasteiger partial charge in [-0.15, -0.1) is 0 Å². The third-order valence-corrected chi connectivity index (χ3v) is 9.49. The maximum Gasteiger partial charge on any atom is 0.264 e. The molecule has 0 heterocycles. The Morgan fingerprint density at radius 1 is 0.844 bits per heavy atom. The fourth-order valence-electron chi connectivity index (χ4n) is 4.90. The topological polar surface area (TPSA) is 96.0 Å². The first-order chi connectivity index (χ1) is 21.6. The van der Waals surface area contributed by atoms with Gasteiger partial charge in [0.2, 0.25) is 11.8 Å². The zero-order chi connectivity index (χ0) is 32.4. The number of amides is 2. The molecule has 1 N–H and O–H groups in total. The van der Waals surface area contributed by atoms with E-state index in [0.29, 0.717) is 12.2 Å². The summed E-state index contributed by atoms with van der Waals surface area (Å²) in [5.74, 6) is -0.370. The number of carbonyl (C=O) groups excluding carboxylic acids is 2. The predicted molar refractivity (Wildman–Crippen MR) is 178 cm³/mol. The number of methoxy groups -OCH3 is 1. The second-order valence-corrected chi connectivity index (χ2v) is 12.9. The molecule has 0 saturated heterocycles. The van der Waals surface area contributed by atoms with Gasteiger partial charge < -0.3 is 15.0 Å². The lowest BCUT2D eigenvalue weighted by Gasteiger charge is -2.34. The minimum Gasteiger partial charge on any atom is -0.497 e. The van der Waals surface area contributed by atoms with E-state index < -0.39 is 28.5 Å². The molecule has 0 saturated carbocycles. The van der Waals surface area contributed by atoms with Crippen molar-refractivity contribution in [2.45, 2.75) is 57.1 Å². The SMILES string of the molecule is CC[C@H](C)NC(=O)[C@H](Cc1ccccc1)N(Cc1ccc(C)cc1)C(=O)CN(c1cccc(OC)c1)S(=O)(=O)c1ccccc1. The summed E-state index contributed by atoms with van der Waals surface area (Å²) in [5.41, 5.74) is 3.03. The van der Waals surface area contributed by atoms with Crippen LogP contribution in [0.2, 0.25) is 0 Å². The largest absolute Gasteiger partial charge is 0.497 e. The molecule has 0 unspecified atom stereocenters. The molecule has 4 aromatic carbocycles. The molecule has 45 heavy (non-hydrogen) atoms. The van der Waals surface area contributed by atoms with Crippen LogP contribution in [0.3, 0.4) is 0 Å². The minimum atomic E-state index is -4.18. The van der Waals surface area contributed by atoms with Crippen molar-refractivity contribution in [2.24, 2.45) is 0 Å². The molecule has 0 aromatic heterocycles. The standard InChI is InChI=1S/C36H41N3O5S/c1-5-28(3)37-36(41)34(23-29-13-8-6-9-14-29)38(25-30-21-19-27(2)20-22-30)35(40)26-39(31-15-12-16-32(24-31)44-4)45(42,43)33-17-10-7-11-18-33/h6-22,24,28,34H,5,23,25-26H2,1-4H3,(H,37,41)/t28-,34-/m0/s1. The third-order valence-electron chi connectivity index (χ3n) is 7.70. The molecule has 0 radical (unpaired) electrons. The van der Waals surface area contributed by atoms with E-state index in [2.05, 4.69) is 5.32 Å². The van der Waals surface area contributed by atoms with Gasteiger partial charge in [0.25, 0.3) is 10.0 Å². The van der Waals surface area contributed by atoms with Crippen LogP contribution in [0.25, 0.3) is 0 Å². The molecule has 8 nitrogen and oxygen atoms in total. The number of anilines is 1. The summed E-state index contributed by atoms with van der Waals surface area (Å²) in [6.07, 6.45) is 0.972. The Labute approximate surface area is 266 Å². The normalized spacial score (nSPS) is 12.5. The van der Waals surface area contributed by atoms with Crippen molar-refractivity contribution >= 4 is 27.5 Å². The Kier molecular flexibility index (Phi) is 11.4. The summed E-state index contributed by atoms with van der Waals surface area (Å²) in [6, 6.07) is 30.8. The fraction of sp³-hybridized carbons (Fsp3) is 0.278. The van der Waals surface area contributed by atoms with Crippen LogP contribution in [0.1, 0.15) is 37.0 Å². The molecule has 2 atom stereocenters. The summed E-state index contributed by atoms with van der Waals surface area (Å²) in [4.78, 5) is 30.0. The molecule has 0 aliphatic carbocycles. The number of hydrogen-bond acceptors (Lipinski definition) is 5. The number of benzene rings is 4. The quantitative estimate of drug-likeness (QED) is 0.192. The molecule has 0 aliphatic rings. The van der Waals surface area contributed by atoms with Crippen LogP contribution in [-0.2, 0) is 32.6 Å². The second-order valence-electron chi connectivity index (χ2n) is 11.1. The number of nitrogens with one attached hydrogen (secondary N) is 1. The zero-order valence-corrected chi connectivity index (χ0v) is 27.0. The summed E-state index contributed by atoms with van der Waals surface area (Å²) < 4.78 is 34.7. The predicted octanol–water partition coefficient (Wildman–Crippen LogP) is 5.75. The van der Waals surface area contributed by atoms with Crippen molar-refractivity contribution in [3.8, 4) is 5.75 Å². The smallest absolute Gasteiger partial charge is 0.264 e. The van der Waals surface area contributed by atoms with E-state index in [1.165, 1.54) is 24.1 Å². The number of hydrogen-bond donors (Lipinski definition) is 1. The first kappa shape index (κ1) is 33.3. The maximum atomic E-state index is 14.5. The maximum absolute atomic E-state index is 14.5. The molecule has 0 bridgehead atoms. The van der Waals surface area contributed by atoms with Crippen LogP contribution in [0.5, 0.6) is 5.75 Å². The Morgan fingerprint density at radius 3 is 2.11 bits per heavy atom. The summed E-state index contributed by atoms with van der Waals surface area (Å²) in [5, 5.41) is 3.06. The Balaban J connectivity index is 1.81. The Bertz CT molecular complexity index is 1660. The highest BCUT2D eigenvalue weighted by molar-refractivity contribution is 7.92. The molecule has 4 aromatic rings. The Morgan fingerprint density at radius 2 is 1.49 bits per heavy atom. The van der Waals surface area contributed by atoms with E-state index in [1.807, 2.05) is 75.4 Å². The molecular weight excluding hydrogens is 586 g/mol. The lowest BCUT2D eigenvalue weighted by molar-refractivity contribution is -0.140. The van der Waals surface area contributed by atoms with Gasteiger partial charge in [0.15, 0.2) is 0 Å². The summed E-state index contributed by atoms with van der Waals surface area (Å²) in [6.45, 7) is 5.46. The van der Waals surface area contributed by atoms with Crippen molar-refractivity contribution in [2.75, 3.05) is 18.0 Å². The molecule has 0 aliphatic heterocycles. The van der Waals surface area contributed by atoms with Gasteiger partial charge in [-0.05, 0) is 55.7 Å². The van der Waals surface area contributed by atoms with E-state index in [-0.39, 0.29) is 35.5 Å². The average molecular weight is 628 g/mol. The average Bonchev–Trinajstić information content (AvgIpc) is 3.06. The van der Waals surface area contributed by atoms with Crippen LogP contribution in [0.4, 0.5) is 5.69 Å². The summed E-state index contributed by atoms with van der Waals surface area (Å²) >= 11 is 0. The fourth-order valence-corrected chi connectivity index (χ4v) is 6.33. The Hall–Kier alpha value is -4.63. The van der Waals surface area contributed by atoms with E-state index in [1.54, 1.807) is 42.5 Å². The van der Waals surface area contributed by atoms with Crippen molar-refractivity contribution < 1.29 is 22.7 Å². The molecule has 0 spiro atoms. The van der Waals surface area contributed by atoms with E-state index >= 15 is 0 Å². The lowest BCUT2D eigenvalue weighted by atomic mass is 10.0. The second kappa shape index (κ2) is 15.4. The van der Waals surface area contributed by atoms with Gasteiger partial charge in [-0.1, -0.05) is 91.3 Å². The molecule has 2 amide bonds. The van der Waals surface area contributed by atoms with Gasteiger partial charge in [0, 0.05) is 25.1 Å². The highest BCUT2D eigenvalue weighted by atomic mass is 32.2. The van der Waals surface area contributed by atoms with Crippen LogP contribution in [-0.4, -0.2) is 50.9 Å². The highest BCUT2D eigenvalue weighted by Gasteiger charge is 2.35. The van der Waals surface area contributed by atoms with Crippen LogP contribution in [0.15, 0.2) is 114 Å². The number of ether oxygens (including phenoxy) is 1. The van der Waals surface area contributed by atoms with E-state index in [9.17, 15) is 18.0 Å². The van der Waals surface area contributed by atoms with Crippen molar-refractivity contribution in [3.05, 3.63) is 126 Å². The molecule has 9 heteroatoms. The first-order valence-corrected chi connectivity index (χ1v) is 16.5. The zero-order valence-electron chi connectivity index (χ0n) is 26.2. The van der Waals surface area contributed by atoms with Crippen molar-refractivity contribution in [3.63, 3.8) is 0 Å². The number of carbonyl (C=O) groups is 2. The monoisotopic (exact) mass is 627 g/mol. The van der Waals surface area contributed by atoms with E-state index in [0.717, 1.165) is 21.0 Å². The van der Waals surface area contributed by atoms with Crippen molar-refractivity contribution in [1.82, 2.24) is 10.2 Å². The van der Waals surface area contributed by atoms with Gasteiger partial charge >= 0.3 is 0 Å². The van der Waals surface area contributed by atoms with Gasteiger partial charge in [0.1, 0.15) is 18.3 Å². The number of sulfonamides is 1. The van der Waals surface area contributed by atoms with E-state index in [4.69, 9.17) is 4.74 Å². The van der Waals surface area contributed by atoms with Crippen LogP contribution in [0, 0.1) is 6.92 Å². The minimum absolute atomic E-state index is 0.0426. The molecular formula is C36H41N3O5S. The van der Waals surface area contributed by atoms with Gasteiger partial charge in [0.05, 0.1) is 17.7 Å². The van der Waals surface area contributed by atoms with Crippen LogP contribution >= 0.6 is 0 Å².